The Hall–Kier alpha value is -2.86. The quantitative estimate of drug-likeness (QED) is 0.655. The number of rotatable bonds is 8. The molecule has 0 radical (unpaired) electrons. The molecule has 3 rings (SSSR count). The zero-order chi connectivity index (χ0) is 18.0. The smallest absolute Gasteiger partial charge is 0.234 e. The SMILES string of the molecule is O=C(CSCc1ccccn1)Nc1ccc(OCc2ccccc2)nc1. The van der Waals surface area contributed by atoms with E-state index >= 15 is 0 Å². The van der Waals surface area contributed by atoms with Gasteiger partial charge in [-0.1, -0.05) is 36.4 Å². The number of benzene rings is 1. The first-order valence-electron chi connectivity index (χ1n) is 8.20. The number of nitrogens with zero attached hydrogens (tertiary/aromatic N) is 2. The summed E-state index contributed by atoms with van der Waals surface area (Å²) in [7, 11) is 0. The van der Waals surface area contributed by atoms with Crippen molar-refractivity contribution in [2.75, 3.05) is 11.1 Å². The van der Waals surface area contributed by atoms with Gasteiger partial charge < -0.3 is 10.1 Å². The molecule has 0 saturated heterocycles. The molecule has 26 heavy (non-hydrogen) atoms. The molecule has 2 heterocycles. The lowest BCUT2D eigenvalue weighted by Gasteiger charge is -2.07. The summed E-state index contributed by atoms with van der Waals surface area (Å²) in [5, 5.41) is 2.83. The van der Waals surface area contributed by atoms with Crippen LogP contribution in [0.5, 0.6) is 5.88 Å². The highest BCUT2D eigenvalue weighted by molar-refractivity contribution is 7.99. The highest BCUT2D eigenvalue weighted by Gasteiger charge is 2.05. The van der Waals surface area contributed by atoms with E-state index in [2.05, 4.69) is 15.3 Å². The Kier molecular flexibility index (Phi) is 6.61. The van der Waals surface area contributed by atoms with Gasteiger partial charge in [-0.25, -0.2) is 4.98 Å². The summed E-state index contributed by atoms with van der Waals surface area (Å²) in [6.07, 6.45) is 3.35. The van der Waals surface area contributed by atoms with Crippen molar-refractivity contribution in [3.05, 3.63) is 84.3 Å². The first-order chi connectivity index (χ1) is 12.8. The van der Waals surface area contributed by atoms with E-state index in [0.717, 1.165) is 11.3 Å². The Morgan fingerprint density at radius 1 is 1.00 bits per heavy atom. The summed E-state index contributed by atoms with van der Waals surface area (Å²) in [5.74, 6) is 1.53. The van der Waals surface area contributed by atoms with Crippen molar-refractivity contribution >= 4 is 23.4 Å². The van der Waals surface area contributed by atoms with Crippen LogP contribution in [0.4, 0.5) is 5.69 Å². The zero-order valence-electron chi connectivity index (χ0n) is 14.2. The van der Waals surface area contributed by atoms with Crippen LogP contribution in [-0.4, -0.2) is 21.6 Å². The second-order valence-electron chi connectivity index (χ2n) is 5.52. The molecule has 2 aromatic heterocycles. The maximum Gasteiger partial charge on any atom is 0.234 e. The summed E-state index contributed by atoms with van der Waals surface area (Å²) in [4.78, 5) is 20.4. The third-order valence-corrected chi connectivity index (χ3v) is 4.43. The molecule has 0 atom stereocenters. The second kappa shape index (κ2) is 9.58. The lowest BCUT2D eigenvalue weighted by Crippen LogP contribution is -2.14. The number of carbonyl (C=O) groups excluding carboxylic acids is 1. The lowest BCUT2D eigenvalue weighted by atomic mass is 10.2. The number of hydrogen-bond acceptors (Lipinski definition) is 5. The minimum atomic E-state index is -0.0642. The summed E-state index contributed by atoms with van der Waals surface area (Å²) in [5.41, 5.74) is 2.70. The number of aromatic nitrogens is 2. The van der Waals surface area contributed by atoms with Crippen LogP contribution >= 0.6 is 11.8 Å². The fourth-order valence-electron chi connectivity index (χ4n) is 2.20. The van der Waals surface area contributed by atoms with E-state index in [1.165, 1.54) is 11.8 Å². The maximum absolute atomic E-state index is 12.0. The molecule has 3 aromatic rings. The van der Waals surface area contributed by atoms with Crippen LogP contribution < -0.4 is 10.1 Å². The molecule has 1 N–H and O–H groups in total. The first kappa shape index (κ1) is 17.9. The summed E-state index contributed by atoms with van der Waals surface area (Å²) in [6, 6.07) is 19.2. The van der Waals surface area contributed by atoms with Gasteiger partial charge >= 0.3 is 0 Å². The van der Waals surface area contributed by atoms with Crippen molar-refractivity contribution in [1.29, 1.82) is 0 Å². The maximum atomic E-state index is 12.0. The topological polar surface area (TPSA) is 64.1 Å². The fraction of sp³-hybridized carbons (Fsp3) is 0.150. The number of pyridine rings is 2. The van der Waals surface area contributed by atoms with Crippen LogP contribution in [0.3, 0.4) is 0 Å². The van der Waals surface area contributed by atoms with Crippen LogP contribution in [0, 0.1) is 0 Å². The van der Waals surface area contributed by atoms with E-state index in [-0.39, 0.29) is 5.91 Å². The Labute approximate surface area is 156 Å². The molecule has 0 aliphatic rings. The van der Waals surface area contributed by atoms with E-state index in [4.69, 9.17) is 4.74 Å². The summed E-state index contributed by atoms with van der Waals surface area (Å²) >= 11 is 1.52. The molecular weight excluding hydrogens is 346 g/mol. The summed E-state index contributed by atoms with van der Waals surface area (Å²) < 4.78 is 5.63. The number of thioether (sulfide) groups is 1. The number of ether oxygens (including phenoxy) is 1. The van der Waals surface area contributed by atoms with Crippen molar-refractivity contribution in [3.63, 3.8) is 0 Å². The van der Waals surface area contributed by atoms with Crippen molar-refractivity contribution in [2.24, 2.45) is 0 Å². The molecule has 0 aliphatic carbocycles. The van der Waals surface area contributed by atoms with E-state index in [0.29, 0.717) is 29.7 Å². The molecule has 0 fully saturated rings. The molecule has 0 saturated carbocycles. The van der Waals surface area contributed by atoms with Gasteiger partial charge in [-0.15, -0.1) is 11.8 Å². The number of nitrogens with one attached hydrogen (secondary N) is 1. The highest BCUT2D eigenvalue weighted by Crippen LogP contribution is 2.15. The number of hydrogen-bond donors (Lipinski definition) is 1. The molecule has 5 nitrogen and oxygen atoms in total. The Morgan fingerprint density at radius 2 is 1.85 bits per heavy atom. The second-order valence-corrected chi connectivity index (χ2v) is 6.51. The monoisotopic (exact) mass is 365 g/mol. The van der Waals surface area contributed by atoms with E-state index in [1.807, 2.05) is 48.5 Å². The molecule has 132 valence electrons. The Bertz CT molecular complexity index is 811. The normalized spacial score (nSPS) is 10.3. The van der Waals surface area contributed by atoms with Crippen molar-refractivity contribution < 1.29 is 9.53 Å². The van der Waals surface area contributed by atoms with Crippen LogP contribution in [0.2, 0.25) is 0 Å². The number of carbonyl (C=O) groups is 1. The lowest BCUT2D eigenvalue weighted by molar-refractivity contribution is -0.113. The van der Waals surface area contributed by atoms with Gasteiger partial charge in [0.25, 0.3) is 0 Å². The Morgan fingerprint density at radius 3 is 2.58 bits per heavy atom. The van der Waals surface area contributed by atoms with E-state index in [1.54, 1.807) is 24.5 Å². The van der Waals surface area contributed by atoms with E-state index in [9.17, 15) is 4.79 Å². The predicted molar refractivity (Wildman–Crippen MR) is 104 cm³/mol. The average Bonchev–Trinajstić information content (AvgIpc) is 2.69. The van der Waals surface area contributed by atoms with Crippen molar-refractivity contribution in [1.82, 2.24) is 9.97 Å². The van der Waals surface area contributed by atoms with Crippen LogP contribution in [0.15, 0.2) is 73.1 Å². The van der Waals surface area contributed by atoms with Gasteiger partial charge in [-0.05, 0) is 23.8 Å². The van der Waals surface area contributed by atoms with Crippen molar-refractivity contribution in [2.45, 2.75) is 12.4 Å². The molecule has 0 spiro atoms. The van der Waals surface area contributed by atoms with Gasteiger partial charge in [0.05, 0.1) is 23.3 Å². The number of anilines is 1. The molecular formula is C20H19N3O2S. The third-order valence-electron chi connectivity index (χ3n) is 3.46. The van der Waals surface area contributed by atoms with Crippen molar-refractivity contribution in [3.8, 4) is 5.88 Å². The fourth-order valence-corrected chi connectivity index (χ4v) is 2.94. The molecule has 1 aromatic carbocycles. The zero-order valence-corrected chi connectivity index (χ0v) is 15.0. The van der Waals surface area contributed by atoms with Crippen LogP contribution in [0.1, 0.15) is 11.3 Å². The molecule has 0 unspecified atom stereocenters. The molecule has 0 aliphatic heterocycles. The summed E-state index contributed by atoms with van der Waals surface area (Å²) in [6.45, 7) is 0.462. The van der Waals surface area contributed by atoms with E-state index < -0.39 is 0 Å². The first-order valence-corrected chi connectivity index (χ1v) is 9.35. The number of amides is 1. The van der Waals surface area contributed by atoms with Gasteiger partial charge in [0.1, 0.15) is 6.61 Å². The standard InChI is InChI=1S/C20H19N3O2S/c24-19(15-26-14-18-8-4-5-11-21-18)23-17-9-10-20(22-12-17)25-13-16-6-2-1-3-7-16/h1-12H,13-15H2,(H,23,24). The van der Waals surface area contributed by atoms with Gasteiger partial charge in [0.15, 0.2) is 0 Å². The largest absolute Gasteiger partial charge is 0.473 e. The third kappa shape index (κ3) is 5.89. The average molecular weight is 365 g/mol. The van der Waals surface area contributed by atoms with Crippen LogP contribution in [0.25, 0.3) is 0 Å². The minimum absolute atomic E-state index is 0.0642. The molecule has 0 bridgehead atoms. The van der Waals surface area contributed by atoms with Crippen LogP contribution in [-0.2, 0) is 17.2 Å². The van der Waals surface area contributed by atoms with Gasteiger partial charge in [0.2, 0.25) is 11.8 Å². The Balaban J connectivity index is 1.41. The van der Waals surface area contributed by atoms with Gasteiger partial charge in [-0.3, -0.25) is 9.78 Å². The highest BCUT2D eigenvalue weighted by atomic mass is 32.2. The predicted octanol–water partition coefficient (Wildman–Crippen LogP) is 3.93. The molecule has 6 heteroatoms. The van der Waals surface area contributed by atoms with Gasteiger partial charge in [0, 0.05) is 18.0 Å². The minimum Gasteiger partial charge on any atom is -0.473 e. The van der Waals surface area contributed by atoms with Gasteiger partial charge in [-0.2, -0.15) is 0 Å². The molecule has 1 amide bonds.